The zero-order valence-electron chi connectivity index (χ0n) is 14.3. The normalized spacial score (nSPS) is 11.7. The van der Waals surface area contributed by atoms with Gasteiger partial charge in [-0.1, -0.05) is 30.3 Å². The average molecular weight is 418 g/mol. The summed E-state index contributed by atoms with van der Waals surface area (Å²) in [7, 11) is 1.81. The number of benzene rings is 1. The largest absolute Gasteiger partial charge is 0.356 e. The van der Waals surface area contributed by atoms with E-state index in [4.69, 9.17) is 0 Å². The molecule has 5 heteroatoms. The number of hydrogen-bond donors (Lipinski definition) is 3. The Morgan fingerprint density at radius 2 is 1.64 bits per heavy atom. The molecule has 0 fully saturated rings. The van der Waals surface area contributed by atoms with E-state index in [1.54, 1.807) is 0 Å². The second kappa shape index (κ2) is 11.7. The maximum absolute atomic E-state index is 4.23. The van der Waals surface area contributed by atoms with Gasteiger partial charge in [0.1, 0.15) is 0 Å². The van der Waals surface area contributed by atoms with Crippen LogP contribution in [-0.2, 0) is 6.42 Å². The van der Waals surface area contributed by atoms with Crippen LogP contribution in [0, 0.1) is 0 Å². The van der Waals surface area contributed by atoms with Gasteiger partial charge < -0.3 is 16.0 Å². The van der Waals surface area contributed by atoms with Gasteiger partial charge >= 0.3 is 0 Å². The van der Waals surface area contributed by atoms with E-state index in [0.717, 1.165) is 38.4 Å². The molecule has 126 valence electrons. The summed E-state index contributed by atoms with van der Waals surface area (Å²) in [6.45, 7) is 9.24. The minimum absolute atomic E-state index is 0. The molecule has 0 unspecified atom stereocenters. The average Bonchev–Trinajstić information content (AvgIpc) is 2.45. The number of nitrogens with one attached hydrogen (secondary N) is 3. The number of guanidine groups is 1. The predicted molar refractivity (Wildman–Crippen MR) is 107 cm³/mol. The fourth-order valence-electron chi connectivity index (χ4n) is 1.98. The molecule has 3 N–H and O–H groups in total. The van der Waals surface area contributed by atoms with Gasteiger partial charge in [-0.05, 0) is 39.2 Å². The minimum atomic E-state index is 0. The number of hydrogen-bond acceptors (Lipinski definition) is 2. The maximum Gasteiger partial charge on any atom is 0.191 e. The first-order valence-corrected chi connectivity index (χ1v) is 7.75. The monoisotopic (exact) mass is 418 g/mol. The van der Waals surface area contributed by atoms with Gasteiger partial charge in [0.25, 0.3) is 0 Å². The van der Waals surface area contributed by atoms with Crippen LogP contribution in [0.4, 0.5) is 0 Å². The van der Waals surface area contributed by atoms with Crippen molar-refractivity contribution < 1.29 is 0 Å². The van der Waals surface area contributed by atoms with Crippen LogP contribution in [0.15, 0.2) is 35.3 Å². The molecular weight excluding hydrogens is 387 g/mol. The van der Waals surface area contributed by atoms with Crippen LogP contribution in [0.2, 0.25) is 0 Å². The molecule has 0 atom stereocenters. The van der Waals surface area contributed by atoms with E-state index in [1.165, 1.54) is 5.56 Å². The highest BCUT2D eigenvalue weighted by molar-refractivity contribution is 14.0. The Morgan fingerprint density at radius 1 is 1.00 bits per heavy atom. The molecule has 4 nitrogen and oxygen atoms in total. The highest BCUT2D eigenvalue weighted by Gasteiger charge is 2.07. The van der Waals surface area contributed by atoms with Crippen molar-refractivity contribution in [3.05, 3.63) is 35.9 Å². The predicted octanol–water partition coefficient (Wildman–Crippen LogP) is 2.79. The van der Waals surface area contributed by atoms with E-state index in [2.05, 4.69) is 72.0 Å². The van der Waals surface area contributed by atoms with Crippen molar-refractivity contribution >= 4 is 29.9 Å². The fourth-order valence-corrected chi connectivity index (χ4v) is 1.98. The van der Waals surface area contributed by atoms with Gasteiger partial charge in [-0.25, -0.2) is 0 Å². The summed E-state index contributed by atoms with van der Waals surface area (Å²) < 4.78 is 0. The van der Waals surface area contributed by atoms with Gasteiger partial charge in [-0.15, -0.1) is 24.0 Å². The number of aliphatic imine (C=N–C) groups is 1. The summed E-state index contributed by atoms with van der Waals surface area (Å²) in [4.78, 5) is 4.23. The Kier molecular flexibility index (Phi) is 11.3. The van der Waals surface area contributed by atoms with Crippen molar-refractivity contribution in [2.24, 2.45) is 4.99 Å². The third-order valence-electron chi connectivity index (χ3n) is 3.07. The van der Waals surface area contributed by atoms with E-state index in [-0.39, 0.29) is 29.5 Å². The third-order valence-corrected chi connectivity index (χ3v) is 3.07. The first kappa shape index (κ1) is 21.2. The van der Waals surface area contributed by atoms with Crippen LogP contribution in [0.25, 0.3) is 0 Å². The molecule has 0 spiro atoms. The summed E-state index contributed by atoms with van der Waals surface area (Å²) >= 11 is 0. The molecule has 0 radical (unpaired) electrons. The number of halogens is 1. The second-order valence-corrected chi connectivity index (χ2v) is 6.19. The molecule has 0 aliphatic heterocycles. The van der Waals surface area contributed by atoms with Gasteiger partial charge in [-0.3, -0.25) is 4.99 Å². The lowest BCUT2D eigenvalue weighted by Gasteiger charge is -2.21. The molecule has 0 heterocycles. The Bertz CT molecular complexity index is 412. The summed E-state index contributed by atoms with van der Waals surface area (Å²) in [6.07, 6.45) is 2.20. The fraction of sp³-hybridized carbons (Fsp3) is 0.588. The van der Waals surface area contributed by atoms with E-state index in [0.29, 0.717) is 0 Å². The van der Waals surface area contributed by atoms with Crippen molar-refractivity contribution in [2.45, 2.75) is 39.2 Å². The van der Waals surface area contributed by atoms with E-state index >= 15 is 0 Å². The molecule has 0 aromatic heterocycles. The van der Waals surface area contributed by atoms with Gasteiger partial charge in [0, 0.05) is 32.2 Å². The lowest BCUT2D eigenvalue weighted by Crippen LogP contribution is -2.44. The molecule has 0 aliphatic carbocycles. The summed E-state index contributed by atoms with van der Waals surface area (Å²) in [6, 6.07) is 10.6. The zero-order chi connectivity index (χ0) is 15.6. The van der Waals surface area contributed by atoms with Crippen molar-refractivity contribution in [3.63, 3.8) is 0 Å². The lowest BCUT2D eigenvalue weighted by atomic mass is 10.1. The standard InChI is InChI=1S/C17H30N4.HI/c1-17(2,3)21-14-13-20-16(18-4)19-12-8-11-15-9-6-5-7-10-15;/h5-7,9-10,21H,8,11-14H2,1-4H3,(H2,18,19,20);1H. The highest BCUT2D eigenvalue weighted by atomic mass is 127. The Hall–Kier alpha value is -0.820. The van der Waals surface area contributed by atoms with Gasteiger partial charge in [0.05, 0.1) is 0 Å². The molecule has 22 heavy (non-hydrogen) atoms. The molecule has 1 aromatic rings. The minimum Gasteiger partial charge on any atom is -0.356 e. The van der Waals surface area contributed by atoms with Crippen LogP contribution in [0.3, 0.4) is 0 Å². The maximum atomic E-state index is 4.23. The summed E-state index contributed by atoms with van der Waals surface area (Å²) in [5.41, 5.74) is 1.55. The number of aryl methyl sites for hydroxylation is 1. The van der Waals surface area contributed by atoms with Crippen molar-refractivity contribution in [1.29, 1.82) is 0 Å². The second-order valence-electron chi connectivity index (χ2n) is 6.19. The summed E-state index contributed by atoms with van der Waals surface area (Å²) in [5.74, 6) is 0.874. The molecule has 0 saturated heterocycles. The zero-order valence-corrected chi connectivity index (χ0v) is 16.6. The Labute approximate surface area is 152 Å². The van der Waals surface area contributed by atoms with E-state index in [1.807, 2.05) is 7.05 Å². The number of nitrogens with zero attached hydrogens (tertiary/aromatic N) is 1. The van der Waals surface area contributed by atoms with Crippen molar-refractivity contribution in [1.82, 2.24) is 16.0 Å². The molecule has 1 aromatic carbocycles. The van der Waals surface area contributed by atoms with E-state index < -0.39 is 0 Å². The molecular formula is C17H31IN4. The highest BCUT2D eigenvalue weighted by Crippen LogP contribution is 2.01. The van der Waals surface area contributed by atoms with Gasteiger partial charge in [-0.2, -0.15) is 0 Å². The van der Waals surface area contributed by atoms with Crippen molar-refractivity contribution in [2.75, 3.05) is 26.7 Å². The molecule has 0 amide bonds. The SMILES string of the molecule is CN=C(NCCCc1ccccc1)NCCNC(C)(C)C.I. The molecule has 0 aliphatic rings. The van der Waals surface area contributed by atoms with Crippen LogP contribution in [0.1, 0.15) is 32.8 Å². The summed E-state index contributed by atoms with van der Waals surface area (Å²) in [5, 5.41) is 10.1. The Balaban J connectivity index is 0.00000441. The topological polar surface area (TPSA) is 48.5 Å². The van der Waals surface area contributed by atoms with Gasteiger partial charge in [0.15, 0.2) is 5.96 Å². The van der Waals surface area contributed by atoms with Crippen LogP contribution >= 0.6 is 24.0 Å². The van der Waals surface area contributed by atoms with Crippen LogP contribution < -0.4 is 16.0 Å². The molecule has 0 saturated carbocycles. The van der Waals surface area contributed by atoms with Crippen molar-refractivity contribution in [3.8, 4) is 0 Å². The quantitative estimate of drug-likeness (QED) is 0.276. The molecule has 0 bridgehead atoms. The van der Waals surface area contributed by atoms with Gasteiger partial charge in [0.2, 0.25) is 0 Å². The van der Waals surface area contributed by atoms with E-state index in [9.17, 15) is 0 Å². The third kappa shape index (κ3) is 10.8. The molecule has 1 rings (SSSR count). The smallest absolute Gasteiger partial charge is 0.191 e. The number of rotatable bonds is 7. The first-order chi connectivity index (χ1) is 10.0. The van der Waals surface area contributed by atoms with Crippen LogP contribution in [-0.4, -0.2) is 38.2 Å². The Morgan fingerprint density at radius 3 is 2.23 bits per heavy atom. The first-order valence-electron chi connectivity index (χ1n) is 7.75. The van der Waals surface area contributed by atoms with Crippen LogP contribution in [0.5, 0.6) is 0 Å². The lowest BCUT2D eigenvalue weighted by molar-refractivity contribution is 0.428.